The van der Waals surface area contributed by atoms with E-state index in [-0.39, 0.29) is 29.1 Å². The quantitative estimate of drug-likeness (QED) is 0.533. The molecule has 28 heavy (non-hydrogen) atoms. The summed E-state index contributed by atoms with van der Waals surface area (Å²) in [5.74, 6) is 1.24. The average Bonchev–Trinajstić information content (AvgIpc) is 2.90. The zero-order chi connectivity index (χ0) is 20.3. The predicted octanol–water partition coefficient (Wildman–Crippen LogP) is 4.43. The highest BCUT2D eigenvalue weighted by atomic mass is 16.5. The minimum Gasteiger partial charge on any atom is -0.458 e. The Bertz CT molecular complexity index is 790. The monoisotopic (exact) mass is 384 g/mol. The van der Waals surface area contributed by atoms with Gasteiger partial charge in [-0.2, -0.15) is 0 Å². The molecule has 0 saturated heterocycles. The minimum atomic E-state index is -0.392. The third kappa shape index (κ3) is 2.83. The third-order valence-electron chi connectivity index (χ3n) is 8.42. The molecule has 0 aromatic rings. The zero-order valence-corrected chi connectivity index (χ0v) is 17.5. The molecular weight excluding hydrogens is 352 g/mol. The molecule has 0 bridgehead atoms. The number of carbonyl (C=O) groups excluding carboxylic acids is 3. The van der Waals surface area contributed by atoms with Crippen molar-refractivity contribution in [1.82, 2.24) is 0 Å². The molecule has 0 heterocycles. The van der Waals surface area contributed by atoms with Crippen molar-refractivity contribution in [2.75, 3.05) is 6.61 Å². The van der Waals surface area contributed by atoms with Gasteiger partial charge >= 0.3 is 5.97 Å². The fourth-order valence-electron chi connectivity index (χ4n) is 7.10. The van der Waals surface area contributed by atoms with Crippen LogP contribution in [0.2, 0.25) is 0 Å². The van der Waals surface area contributed by atoms with Crippen molar-refractivity contribution in [3.63, 3.8) is 0 Å². The highest BCUT2D eigenvalue weighted by molar-refractivity contribution is 5.86. The molecule has 152 valence electrons. The molecule has 2 unspecified atom stereocenters. The molecule has 0 aromatic carbocycles. The van der Waals surface area contributed by atoms with E-state index in [9.17, 15) is 14.4 Å². The van der Waals surface area contributed by atoms with Gasteiger partial charge in [-0.15, -0.1) is 0 Å². The summed E-state index contributed by atoms with van der Waals surface area (Å²) < 4.78 is 5.05. The van der Waals surface area contributed by atoms with Gasteiger partial charge in [-0.25, -0.2) is 0 Å². The van der Waals surface area contributed by atoms with Crippen LogP contribution in [-0.2, 0) is 19.1 Å². The van der Waals surface area contributed by atoms with E-state index in [2.05, 4.69) is 32.9 Å². The molecule has 4 nitrogen and oxygen atoms in total. The summed E-state index contributed by atoms with van der Waals surface area (Å²) in [5.41, 5.74) is 2.81. The maximum absolute atomic E-state index is 13.0. The van der Waals surface area contributed by atoms with Crippen LogP contribution in [0.25, 0.3) is 0 Å². The highest BCUT2D eigenvalue weighted by Gasteiger charge is 2.59. The van der Waals surface area contributed by atoms with Gasteiger partial charge in [0.05, 0.1) is 0 Å². The summed E-state index contributed by atoms with van der Waals surface area (Å²) in [4.78, 5) is 36.1. The third-order valence-corrected chi connectivity index (χ3v) is 8.42. The Balaban J connectivity index is 1.64. The maximum Gasteiger partial charge on any atom is 0.303 e. The minimum absolute atomic E-state index is 0.0290. The van der Waals surface area contributed by atoms with E-state index in [0.29, 0.717) is 36.4 Å². The normalized spacial score (nSPS) is 41.9. The van der Waals surface area contributed by atoms with E-state index in [1.165, 1.54) is 18.1 Å². The number of hydrogen-bond acceptors (Lipinski definition) is 4. The summed E-state index contributed by atoms with van der Waals surface area (Å²) in [5, 5.41) is 0. The number of ketones is 2. The van der Waals surface area contributed by atoms with Crippen molar-refractivity contribution in [3.8, 4) is 0 Å². The molecule has 2 fully saturated rings. The lowest BCUT2D eigenvalue weighted by atomic mass is 9.51. The number of Topliss-reactive ketones (excluding diaryl/α,β-unsaturated/α-hetero) is 2. The fraction of sp³-hybridized carbons (Fsp3) is 0.708. The van der Waals surface area contributed by atoms with E-state index in [4.69, 9.17) is 4.74 Å². The van der Waals surface area contributed by atoms with Gasteiger partial charge in [-0.1, -0.05) is 44.1 Å². The number of hydrogen-bond donors (Lipinski definition) is 0. The van der Waals surface area contributed by atoms with Gasteiger partial charge in [0.2, 0.25) is 0 Å². The number of allylic oxidation sites excluding steroid dienone is 4. The number of fused-ring (bicyclic) bond motifs is 5. The molecule has 0 amide bonds. The summed E-state index contributed by atoms with van der Waals surface area (Å²) in [6, 6.07) is 0. The van der Waals surface area contributed by atoms with Crippen LogP contribution >= 0.6 is 0 Å². The van der Waals surface area contributed by atoms with Crippen LogP contribution in [0.1, 0.15) is 66.2 Å². The molecule has 0 radical (unpaired) electrons. The molecule has 4 aliphatic carbocycles. The van der Waals surface area contributed by atoms with Crippen molar-refractivity contribution in [3.05, 3.63) is 23.3 Å². The summed E-state index contributed by atoms with van der Waals surface area (Å²) in [6.45, 7) is 8.04. The second-order valence-electron chi connectivity index (χ2n) is 10.0. The van der Waals surface area contributed by atoms with Crippen LogP contribution in [0.5, 0.6) is 0 Å². The maximum atomic E-state index is 13.0. The van der Waals surface area contributed by atoms with Gasteiger partial charge in [0.25, 0.3) is 0 Å². The molecule has 4 heteroatoms. The number of ether oxygens (including phenoxy) is 1. The van der Waals surface area contributed by atoms with Crippen LogP contribution < -0.4 is 0 Å². The Hall–Kier alpha value is -1.71. The summed E-state index contributed by atoms with van der Waals surface area (Å²) in [6.07, 6.45) is 9.91. The largest absolute Gasteiger partial charge is 0.458 e. The van der Waals surface area contributed by atoms with Crippen LogP contribution in [-0.4, -0.2) is 24.1 Å². The van der Waals surface area contributed by atoms with Gasteiger partial charge in [0.15, 0.2) is 5.78 Å². The standard InChI is InChI=1S/C24H32O4/c1-14-11-20-18-6-5-16-12-17(26)7-9-23(16,3)19(18)8-10-24(20,4)22(14)21(27)13-28-15(2)25/h5,8,14,18,20,22H,6-7,9-13H2,1-4H3/t14-,18?,20?,22+,23-,24-/m0/s1. The van der Waals surface area contributed by atoms with E-state index in [1.807, 2.05) is 0 Å². The average molecular weight is 385 g/mol. The topological polar surface area (TPSA) is 60.4 Å². The smallest absolute Gasteiger partial charge is 0.303 e. The fourth-order valence-corrected chi connectivity index (χ4v) is 7.10. The van der Waals surface area contributed by atoms with Gasteiger partial charge < -0.3 is 4.74 Å². The lowest BCUT2D eigenvalue weighted by Gasteiger charge is -2.52. The first-order chi connectivity index (χ1) is 13.2. The Morgan fingerprint density at radius 2 is 2.00 bits per heavy atom. The second kappa shape index (κ2) is 6.67. The lowest BCUT2D eigenvalue weighted by Crippen LogP contribution is -2.45. The van der Waals surface area contributed by atoms with Crippen molar-refractivity contribution < 1.29 is 19.1 Å². The summed E-state index contributed by atoms with van der Waals surface area (Å²) >= 11 is 0. The number of carbonyl (C=O) groups is 3. The van der Waals surface area contributed by atoms with Gasteiger partial charge in [0.1, 0.15) is 12.4 Å². The molecule has 4 aliphatic rings. The van der Waals surface area contributed by atoms with E-state index in [1.54, 1.807) is 0 Å². The van der Waals surface area contributed by atoms with Crippen LogP contribution in [0.4, 0.5) is 0 Å². The summed E-state index contributed by atoms with van der Waals surface area (Å²) in [7, 11) is 0. The zero-order valence-electron chi connectivity index (χ0n) is 17.5. The Labute approximate surface area is 167 Å². The van der Waals surface area contributed by atoms with Crippen molar-refractivity contribution in [2.24, 2.45) is 34.5 Å². The molecule has 0 spiro atoms. The molecule has 0 aliphatic heterocycles. The van der Waals surface area contributed by atoms with Crippen LogP contribution in [0, 0.1) is 34.5 Å². The van der Waals surface area contributed by atoms with Crippen molar-refractivity contribution in [2.45, 2.75) is 66.2 Å². The molecule has 4 rings (SSSR count). The van der Waals surface area contributed by atoms with Gasteiger partial charge in [-0.3, -0.25) is 14.4 Å². The van der Waals surface area contributed by atoms with E-state index in [0.717, 1.165) is 25.7 Å². The second-order valence-corrected chi connectivity index (χ2v) is 10.0. The van der Waals surface area contributed by atoms with Crippen LogP contribution in [0.15, 0.2) is 23.3 Å². The van der Waals surface area contributed by atoms with Gasteiger partial charge in [-0.05, 0) is 48.9 Å². The lowest BCUT2D eigenvalue weighted by molar-refractivity contribution is -0.148. The predicted molar refractivity (Wildman–Crippen MR) is 106 cm³/mol. The molecular formula is C24H32O4. The van der Waals surface area contributed by atoms with Crippen molar-refractivity contribution in [1.29, 1.82) is 0 Å². The SMILES string of the molecule is CC(=O)OCC(=O)[C@H]1[C@@H](C)CC2C3CC=C4CC(=O)CC[C@]4(C)C3=CC[C@@]21C. The molecule has 6 atom stereocenters. The molecule has 0 N–H and O–H groups in total. The number of esters is 1. The Kier molecular flexibility index (Phi) is 4.67. The first kappa shape index (κ1) is 19.6. The van der Waals surface area contributed by atoms with E-state index >= 15 is 0 Å². The number of rotatable bonds is 3. The highest BCUT2D eigenvalue weighted by Crippen LogP contribution is 2.65. The van der Waals surface area contributed by atoms with E-state index < -0.39 is 5.97 Å². The van der Waals surface area contributed by atoms with Crippen LogP contribution in [0.3, 0.4) is 0 Å². The Morgan fingerprint density at radius 3 is 2.71 bits per heavy atom. The first-order valence-corrected chi connectivity index (χ1v) is 10.7. The Morgan fingerprint density at radius 1 is 1.25 bits per heavy atom. The molecule has 0 aromatic heterocycles. The van der Waals surface area contributed by atoms with Gasteiger partial charge in [0, 0.05) is 31.1 Å². The van der Waals surface area contributed by atoms with Crippen molar-refractivity contribution >= 4 is 17.5 Å². The first-order valence-electron chi connectivity index (χ1n) is 10.7. The molecule has 2 saturated carbocycles.